The topological polar surface area (TPSA) is 132 Å². The van der Waals surface area contributed by atoms with Crippen LogP contribution >= 0.6 is 11.8 Å². The molecule has 198 valence electrons. The second kappa shape index (κ2) is 9.92. The van der Waals surface area contributed by atoms with Gasteiger partial charge >= 0.3 is 6.03 Å². The van der Waals surface area contributed by atoms with Crippen molar-refractivity contribution in [2.75, 3.05) is 37.9 Å². The Kier molecular flexibility index (Phi) is 6.42. The molecule has 1 aromatic carbocycles. The number of quaternary nitrogens is 1. The zero-order valence-electron chi connectivity index (χ0n) is 21.4. The minimum Gasteiger partial charge on any atom is -0.370 e. The highest BCUT2D eigenvalue weighted by Crippen LogP contribution is 2.54. The van der Waals surface area contributed by atoms with Crippen LogP contribution in [0.5, 0.6) is 0 Å². The summed E-state index contributed by atoms with van der Waals surface area (Å²) in [5.41, 5.74) is 8.37. The molecule has 2 spiro atoms. The number of hydrogen-bond donors (Lipinski definition) is 3. The van der Waals surface area contributed by atoms with Gasteiger partial charge in [0.1, 0.15) is 18.0 Å². The lowest BCUT2D eigenvalue weighted by atomic mass is 9.85. The van der Waals surface area contributed by atoms with E-state index in [1.807, 2.05) is 24.3 Å². The van der Waals surface area contributed by atoms with Crippen LogP contribution in [0.25, 0.3) is 11.3 Å². The number of primary amides is 1. The Labute approximate surface area is 230 Å². The van der Waals surface area contributed by atoms with Crippen molar-refractivity contribution in [2.45, 2.75) is 16.9 Å². The Morgan fingerprint density at radius 3 is 2.44 bits per heavy atom. The molecule has 1 fully saturated rings. The number of nitrogens with zero attached hydrogens (tertiary/aromatic N) is 4. The fourth-order valence-corrected chi connectivity index (χ4v) is 6.44. The standard InChI is InChI=1S/C28H27N7O3S/c1-39-23-22(18-8-12-30-13-9-18)33-26-28(35(25(23)34-26)14-16-38-17-15-35)10-6-21(7-11-28)32-27(37)31-20-4-2-19(3-5-20)24(29)36/h2-10,12-13H,11,14-17H2,1H3,(H3-,29,31,32,36,37)/p+1. The van der Waals surface area contributed by atoms with Gasteiger partial charge in [0, 0.05) is 41.3 Å². The zero-order valence-corrected chi connectivity index (χ0v) is 22.2. The van der Waals surface area contributed by atoms with Crippen molar-refractivity contribution in [3.63, 3.8) is 0 Å². The van der Waals surface area contributed by atoms with E-state index in [9.17, 15) is 9.59 Å². The van der Waals surface area contributed by atoms with Crippen LogP contribution in [-0.2, 0) is 10.3 Å². The molecule has 1 unspecified atom stereocenters. The molecule has 4 N–H and O–H groups in total. The molecule has 1 atom stereocenters. The number of amides is 3. The van der Waals surface area contributed by atoms with Crippen molar-refractivity contribution < 1.29 is 14.3 Å². The van der Waals surface area contributed by atoms with Gasteiger partial charge in [-0.2, -0.15) is 4.98 Å². The summed E-state index contributed by atoms with van der Waals surface area (Å²) in [5.74, 6) is 1.31. The van der Waals surface area contributed by atoms with Gasteiger partial charge in [0.05, 0.1) is 18.9 Å². The summed E-state index contributed by atoms with van der Waals surface area (Å²) in [4.78, 5) is 39.5. The number of thioether (sulfide) groups is 1. The molecule has 2 bridgehead atoms. The van der Waals surface area contributed by atoms with Crippen LogP contribution in [0.3, 0.4) is 0 Å². The Hall–Kier alpha value is -4.06. The molecular formula is C28H28N7O3S+. The van der Waals surface area contributed by atoms with E-state index in [-0.39, 0.29) is 6.03 Å². The van der Waals surface area contributed by atoms with Crippen molar-refractivity contribution in [1.29, 1.82) is 0 Å². The number of nitrogens with one attached hydrogen (secondary N) is 2. The summed E-state index contributed by atoms with van der Waals surface area (Å²) in [6.07, 6.45) is 12.4. The third kappa shape index (κ3) is 4.19. The van der Waals surface area contributed by atoms with E-state index in [2.05, 4.69) is 27.9 Å². The fourth-order valence-electron chi connectivity index (χ4n) is 5.68. The maximum atomic E-state index is 12.7. The predicted octanol–water partition coefficient (Wildman–Crippen LogP) is 3.57. The first-order valence-corrected chi connectivity index (χ1v) is 13.9. The summed E-state index contributed by atoms with van der Waals surface area (Å²) < 4.78 is 6.45. The van der Waals surface area contributed by atoms with Gasteiger partial charge in [0.2, 0.25) is 17.5 Å². The van der Waals surface area contributed by atoms with Gasteiger partial charge in [-0.1, -0.05) is 6.08 Å². The molecule has 3 amide bonds. The molecule has 0 saturated carbocycles. The number of morpholine rings is 1. The number of rotatable bonds is 5. The molecule has 1 aliphatic carbocycles. The minimum absolute atomic E-state index is 0.378. The predicted molar refractivity (Wildman–Crippen MR) is 150 cm³/mol. The first-order chi connectivity index (χ1) is 19.0. The van der Waals surface area contributed by atoms with Crippen molar-refractivity contribution >= 4 is 35.2 Å². The molecular weight excluding hydrogens is 514 g/mol. The largest absolute Gasteiger partial charge is 0.370 e. The monoisotopic (exact) mass is 542 g/mol. The summed E-state index contributed by atoms with van der Waals surface area (Å²) in [7, 11) is 0. The van der Waals surface area contributed by atoms with Crippen LogP contribution in [-0.4, -0.2) is 59.4 Å². The van der Waals surface area contributed by atoms with Gasteiger partial charge in [-0.05, 0) is 54.8 Å². The number of carbonyl (C=O) groups is 2. The number of aromatic nitrogens is 3. The summed E-state index contributed by atoms with van der Waals surface area (Å²) >= 11 is 1.67. The summed E-state index contributed by atoms with van der Waals surface area (Å²) in [6.45, 7) is 2.85. The van der Waals surface area contributed by atoms with Crippen LogP contribution in [0.1, 0.15) is 22.6 Å². The number of fused-ring (bicyclic) bond motifs is 5. The molecule has 3 aliphatic rings. The lowest BCUT2D eigenvalue weighted by Gasteiger charge is -2.48. The fraction of sp³-hybridized carbons (Fsp3) is 0.250. The van der Waals surface area contributed by atoms with Gasteiger partial charge in [-0.25, -0.2) is 9.78 Å². The minimum atomic E-state index is -0.517. The van der Waals surface area contributed by atoms with Crippen molar-refractivity contribution in [2.24, 2.45) is 5.73 Å². The van der Waals surface area contributed by atoms with E-state index >= 15 is 0 Å². The van der Waals surface area contributed by atoms with E-state index in [0.717, 1.165) is 40.9 Å². The number of carbonyl (C=O) groups excluding carboxylic acids is 2. The SMILES string of the molecule is CSc1c(-c2ccncc2)nc2nc1[N+]1(CCOCC1)C21C=CC(NC(=O)Nc2ccc(C(N)=O)cc2)=CC1. The van der Waals surface area contributed by atoms with Gasteiger partial charge in [0.15, 0.2) is 5.54 Å². The Balaban J connectivity index is 1.29. The van der Waals surface area contributed by atoms with Crippen LogP contribution in [0.2, 0.25) is 0 Å². The lowest BCUT2D eigenvalue weighted by molar-refractivity contribution is 0.000586. The molecule has 10 nitrogen and oxygen atoms in total. The smallest absolute Gasteiger partial charge is 0.323 e. The van der Waals surface area contributed by atoms with E-state index < -0.39 is 11.4 Å². The van der Waals surface area contributed by atoms with Crippen LogP contribution < -0.4 is 20.9 Å². The molecule has 0 radical (unpaired) electrons. The summed E-state index contributed by atoms with van der Waals surface area (Å²) in [5, 5.41) is 5.71. The van der Waals surface area contributed by atoms with E-state index in [0.29, 0.717) is 41.1 Å². The van der Waals surface area contributed by atoms with Crippen molar-refractivity contribution in [3.8, 4) is 11.3 Å². The number of pyridine rings is 1. The number of ether oxygens (including phenoxy) is 1. The Morgan fingerprint density at radius 1 is 1.05 bits per heavy atom. The van der Waals surface area contributed by atoms with Crippen molar-refractivity contribution in [1.82, 2.24) is 24.8 Å². The van der Waals surface area contributed by atoms with Crippen molar-refractivity contribution in [3.05, 3.63) is 84.1 Å². The highest BCUT2D eigenvalue weighted by atomic mass is 32.2. The maximum Gasteiger partial charge on any atom is 0.323 e. The van der Waals surface area contributed by atoms with Gasteiger partial charge in [0.25, 0.3) is 0 Å². The quantitative estimate of drug-likeness (QED) is 0.332. The second-order valence-corrected chi connectivity index (χ2v) is 10.5. The van der Waals surface area contributed by atoms with E-state index in [1.165, 1.54) is 0 Å². The number of benzene rings is 1. The Morgan fingerprint density at radius 2 is 1.79 bits per heavy atom. The third-order valence-electron chi connectivity index (χ3n) is 7.65. The molecule has 1 saturated heterocycles. The number of nitrogens with two attached hydrogens (primary N) is 1. The maximum absolute atomic E-state index is 12.7. The summed E-state index contributed by atoms with van der Waals surface area (Å²) in [6, 6.07) is 10.0. The molecule has 2 aliphatic heterocycles. The molecule has 11 heteroatoms. The highest BCUT2D eigenvalue weighted by Gasteiger charge is 2.62. The Bertz CT molecular complexity index is 1500. The number of allylic oxidation sites excluding steroid dienone is 1. The number of urea groups is 1. The van der Waals surface area contributed by atoms with Gasteiger partial charge in [-0.3, -0.25) is 14.3 Å². The average molecular weight is 543 g/mol. The van der Waals surface area contributed by atoms with E-state index in [1.54, 1.807) is 48.4 Å². The number of anilines is 1. The van der Waals surface area contributed by atoms with Crippen LogP contribution in [0, 0.1) is 0 Å². The number of hydrogen-bond acceptors (Lipinski definition) is 7. The van der Waals surface area contributed by atoms with Gasteiger partial charge < -0.3 is 21.1 Å². The molecule has 39 heavy (non-hydrogen) atoms. The highest BCUT2D eigenvalue weighted by molar-refractivity contribution is 7.98. The average Bonchev–Trinajstić information content (AvgIpc) is 3.15. The molecule has 3 aromatic rings. The van der Waals surface area contributed by atoms with Crippen LogP contribution in [0.4, 0.5) is 16.3 Å². The second-order valence-electron chi connectivity index (χ2n) is 9.66. The van der Waals surface area contributed by atoms with Crippen LogP contribution in [0.15, 0.2) is 77.6 Å². The first-order valence-electron chi connectivity index (χ1n) is 12.7. The lowest BCUT2D eigenvalue weighted by Crippen LogP contribution is -2.65. The third-order valence-corrected chi connectivity index (χ3v) is 8.44. The normalized spacial score (nSPS) is 20.6. The van der Waals surface area contributed by atoms with Gasteiger partial charge in [-0.15, -0.1) is 11.8 Å². The van der Waals surface area contributed by atoms with E-state index in [4.69, 9.17) is 20.4 Å². The molecule has 4 heterocycles. The molecule has 6 rings (SSSR count). The molecule has 2 aromatic heterocycles. The first kappa shape index (κ1) is 25.2. The zero-order chi connectivity index (χ0) is 27.0.